The maximum Gasteiger partial charge on any atom is 0.324 e. The van der Waals surface area contributed by atoms with Crippen LogP contribution in [0.15, 0.2) is 30.5 Å². The average Bonchev–Trinajstić information content (AvgIpc) is 3.07. The summed E-state index contributed by atoms with van der Waals surface area (Å²) in [5.74, 6) is -0.587. The summed E-state index contributed by atoms with van der Waals surface area (Å²) < 4.78 is 0. The van der Waals surface area contributed by atoms with Crippen LogP contribution in [0.5, 0.6) is 0 Å². The number of hydrogen-bond donors (Lipinski definition) is 3. The van der Waals surface area contributed by atoms with Crippen molar-refractivity contribution in [1.29, 1.82) is 0 Å². The number of para-hydroxylation sites is 1. The summed E-state index contributed by atoms with van der Waals surface area (Å²) in [6.45, 7) is 3.98. The van der Waals surface area contributed by atoms with Crippen LogP contribution >= 0.6 is 0 Å². The molecule has 4 amide bonds. The van der Waals surface area contributed by atoms with Crippen LogP contribution in [0, 0.1) is 0 Å². The Morgan fingerprint density at radius 3 is 2.80 bits per heavy atom. The number of aromatic amines is 1. The Hall–Kier alpha value is -2.83. The van der Waals surface area contributed by atoms with E-state index < -0.39 is 12.1 Å². The molecule has 3 N–H and O–H groups in total. The van der Waals surface area contributed by atoms with Crippen LogP contribution in [0.2, 0.25) is 0 Å². The van der Waals surface area contributed by atoms with Crippen molar-refractivity contribution in [1.82, 2.24) is 20.5 Å². The zero-order chi connectivity index (χ0) is 18.0. The van der Waals surface area contributed by atoms with Crippen LogP contribution < -0.4 is 10.6 Å². The van der Waals surface area contributed by atoms with E-state index in [1.54, 1.807) is 0 Å². The quantitative estimate of drug-likeness (QED) is 0.695. The van der Waals surface area contributed by atoms with Crippen LogP contribution in [-0.4, -0.2) is 46.4 Å². The van der Waals surface area contributed by atoms with Gasteiger partial charge in [0.15, 0.2) is 0 Å². The summed E-state index contributed by atoms with van der Waals surface area (Å²) in [6.07, 6.45) is 2.43. The first-order valence-electron chi connectivity index (χ1n) is 8.42. The highest BCUT2D eigenvalue weighted by atomic mass is 16.2. The van der Waals surface area contributed by atoms with Crippen molar-refractivity contribution < 1.29 is 14.4 Å². The molecule has 0 aliphatic carbocycles. The zero-order valence-corrected chi connectivity index (χ0v) is 14.3. The van der Waals surface area contributed by atoms with Crippen molar-refractivity contribution >= 4 is 28.7 Å². The Labute approximate surface area is 145 Å². The monoisotopic (exact) mass is 342 g/mol. The molecule has 0 bridgehead atoms. The summed E-state index contributed by atoms with van der Waals surface area (Å²) >= 11 is 0. The molecule has 1 saturated heterocycles. The standard InChI is InChI=1S/C18H22N4O3/c1-11(2)20-16(23)9-15-17(24)22(18(25)21-15)8-7-12-10-19-14-6-4-3-5-13(12)14/h3-6,10-11,15,19H,7-9H2,1-2H3,(H,20,23)(H,21,25)/t15-/m1/s1. The summed E-state index contributed by atoms with van der Waals surface area (Å²) in [4.78, 5) is 40.7. The first-order valence-corrected chi connectivity index (χ1v) is 8.42. The molecule has 0 saturated carbocycles. The van der Waals surface area contributed by atoms with Gasteiger partial charge in [-0.1, -0.05) is 18.2 Å². The number of amides is 4. The number of carbonyl (C=O) groups is 3. The number of urea groups is 1. The van der Waals surface area contributed by atoms with Gasteiger partial charge in [0.25, 0.3) is 5.91 Å². The number of carbonyl (C=O) groups excluding carboxylic acids is 3. The van der Waals surface area contributed by atoms with E-state index in [0.29, 0.717) is 6.42 Å². The van der Waals surface area contributed by atoms with Crippen LogP contribution in [0.4, 0.5) is 4.79 Å². The lowest BCUT2D eigenvalue weighted by Gasteiger charge is -2.13. The lowest BCUT2D eigenvalue weighted by Crippen LogP contribution is -2.38. The SMILES string of the molecule is CC(C)NC(=O)C[C@H]1NC(=O)N(CCc2c[nH]c3ccccc23)C1=O. The van der Waals surface area contributed by atoms with Crippen molar-refractivity contribution in [2.24, 2.45) is 0 Å². The number of rotatable bonds is 6. The van der Waals surface area contributed by atoms with E-state index >= 15 is 0 Å². The summed E-state index contributed by atoms with van der Waals surface area (Å²) in [5.41, 5.74) is 2.08. The molecular weight excluding hydrogens is 320 g/mol. The molecule has 7 nitrogen and oxygen atoms in total. The minimum Gasteiger partial charge on any atom is -0.361 e. The van der Waals surface area contributed by atoms with E-state index in [-0.39, 0.29) is 30.8 Å². The molecule has 1 aromatic carbocycles. The predicted octanol–water partition coefficient (Wildman–Crippen LogP) is 1.55. The smallest absolute Gasteiger partial charge is 0.324 e. The second-order valence-corrected chi connectivity index (χ2v) is 6.53. The number of hydrogen-bond acceptors (Lipinski definition) is 3. The fraction of sp³-hybridized carbons (Fsp3) is 0.389. The third-order valence-electron chi connectivity index (χ3n) is 4.23. The Morgan fingerprint density at radius 2 is 2.04 bits per heavy atom. The first-order chi connectivity index (χ1) is 12.0. The Balaban J connectivity index is 1.62. The average molecular weight is 342 g/mol. The molecular formula is C18H22N4O3. The lowest BCUT2D eigenvalue weighted by molar-refractivity contribution is -0.131. The maximum absolute atomic E-state index is 12.4. The summed E-state index contributed by atoms with van der Waals surface area (Å²) in [5, 5.41) is 6.41. The topological polar surface area (TPSA) is 94.3 Å². The molecule has 3 rings (SSSR count). The van der Waals surface area contributed by atoms with Gasteiger partial charge in [0.2, 0.25) is 5.91 Å². The van der Waals surface area contributed by atoms with Gasteiger partial charge in [-0.2, -0.15) is 0 Å². The first kappa shape index (κ1) is 17.0. The number of nitrogens with one attached hydrogen (secondary N) is 3. The lowest BCUT2D eigenvalue weighted by atomic mass is 10.1. The number of aromatic nitrogens is 1. The largest absolute Gasteiger partial charge is 0.361 e. The van der Waals surface area contributed by atoms with E-state index in [4.69, 9.17) is 0 Å². The predicted molar refractivity (Wildman–Crippen MR) is 93.9 cm³/mol. The Kier molecular flexibility index (Phi) is 4.74. The van der Waals surface area contributed by atoms with Crippen LogP contribution in [0.3, 0.4) is 0 Å². The number of nitrogens with zero attached hydrogens (tertiary/aromatic N) is 1. The highest BCUT2D eigenvalue weighted by Crippen LogP contribution is 2.19. The second-order valence-electron chi connectivity index (χ2n) is 6.53. The van der Waals surface area contributed by atoms with Crippen LogP contribution in [-0.2, 0) is 16.0 Å². The molecule has 2 aromatic rings. The van der Waals surface area contributed by atoms with Gasteiger partial charge in [0.1, 0.15) is 6.04 Å². The van der Waals surface area contributed by atoms with Crippen molar-refractivity contribution in [2.75, 3.05) is 6.54 Å². The summed E-state index contributed by atoms with van der Waals surface area (Å²) in [6, 6.07) is 6.67. The van der Waals surface area contributed by atoms with E-state index in [2.05, 4.69) is 15.6 Å². The van der Waals surface area contributed by atoms with Crippen LogP contribution in [0.25, 0.3) is 10.9 Å². The van der Waals surface area contributed by atoms with Gasteiger partial charge in [-0.25, -0.2) is 4.79 Å². The molecule has 2 heterocycles. The van der Waals surface area contributed by atoms with Gasteiger partial charge in [-0.05, 0) is 31.9 Å². The van der Waals surface area contributed by atoms with Crippen LogP contribution in [0.1, 0.15) is 25.8 Å². The highest BCUT2D eigenvalue weighted by Gasteiger charge is 2.38. The normalized spacial score (nSPS) is 17.4. The van der Waals surface area contributed by atoms with E-state index in [0.717, 1.165) is 16.5 Å². The molecule has 1 fully saturated rings. The Bertz CT molecular complexity index is 812. The van der Waals surface area contributed by atoms with Crippen molar-refractivity contribution in [3.05, 3.63) is 36.0 Å². The number of benzene rings is 1. The van der Waals surface area contributed by atoms with Gasteiger partial charge in [0.05, 0.1) is 6.42 Å². The van der Waals surface area contributed by atoms with E-state index in [1.165, 1.54) is 4.90 Å². The molecule has 1 aliphatic rings. The zero-order valence-electron chi connectivity index (χ0n) is 14.3. The Morgan fingerprint density at radius 1 is 1.28 bits per heavy atom. The maximum atomic E-state index is 12.4. The van der Waals surface area contributed by atoms with Gasteiger partial charge in [-0.3, -0.25) is 14.5 Å². The minimum atomic E-state index is -0.783. The minimum absolute atomic E-state index is 0.00215. The van der Waals surface area contributed by atoms with E-state index in [9.17, 15) is 14.4 Å². The molecule has 0 unspecified atom stereocenters. The second kappa shape index (κ2) is 6.96. The van der Waals surface area contributed by atoms with Crippen molar-refractivity contribution in [3.63, 3.8) is 0 Å². The van der Waals surface area contributed by atoms with Gasteiger partial charge >= 0.3 is 6.03 Å². The van der Waals surface area contributed by atoms with Gasteiger partial charge < -0.3 is 15.6 Å². The molecule has 1 aliphatic heterocycles. The molecule has 1 aromatic heterocycles. The summed E-state index contributed by atoms with van der Waals surface area (Å²) in [7, 11) is 0. The third-order valence-corrected chi connectivity index (χ3v) is 4.23. The molecule has 7 heteroatoms. The number of H-pyrrole nitrogens is 1. The van der Waals surface area contributed by atoms with E-state index in [1.807, 2.05) is 44.3 Å². The molecule has 25 heavy (non-hydrogen) atoms. The fourth-order valence-electron chi connectivity index (χ4n) is 3.06. The van der Waals surface area contributed by atoms with Gasteiger partial charge in [0, 0.05) is 29.7 Å². The molecule has 0 radical (unpaired) electrons. The van der Waals surface area contributed by atoms with Gasteiger partial charge in [-0.15, -0.1) is 0 Å². The van der Waals surface area contributed by atoms with Crippen molar-refractivity contribution in [3.8, 4) is 0 Å². The number of fused-ring (bicyclic) bond motifs is 1. The third kappa shape index (κ3) is 3.65. The highest BCUT2D eigenvalue weighted by molar-refractivity contribution is 6.05. The number of imide groups is 1. The molecule has 0 spiro atoms. The molecule has 1 atom stereocenters. The fourth-order valence-corrected chi connectivity index (χ4v) is 3.06. The van der Waals surface area contributed by atoms with Crippen molar-refractivity contribution in [2.45, 2.75) is 38.8 Å². The molecule has 132 valence electrons.